The zero-order chi connectivity index (χ0) is 22.4. The molecule has 0 saturated carbocycles. The van der Waals surface area contributed by atoms with Crippen molar-refractivity contribution in [3.05, 3.63) is 120 Å². The molecule has 5 heteroatoms. The van der Waals surface area contributed by atoms with Crippen LogP contribution in [0.2, 0.25) is 0 Å². The Morgan fingerprint density at radius 1 is 0.719 bits per heavy atom. The van der Waals surface area contributed by atoms with E-state index in [4.69, 9.17) is 0 Å². The number of nitrogens with one attached hydrogen (secondary N) is 1. The Morgan fingerprint density at radius 3 is 1.88 bits per heavy atom. The van der Waals surface area contributed by atoms with E-state index < -0.39 is 11.7 Å². The smallest absolute Gasteiger partial charge is 0.370 e. The number of hydrogen-bond acceptors (Lipinski definition) is 2. The third kappa shape index (κ3) is 5.17. The van der Waals surface area contributed by atoms with Gasteiger partial charge in [-0.25, -0.2) is 4.98 Å². The van der Waals surface area contributed by atoms with Crippen LogP contribution in [0.4, 0.5) is 19.0 Å². The van der Waals surface area contributed by atoms with Crippen LogP contribution >= 0.6 is 0 Å². The van der Waals surface area contributed by atoms with Gasteiger partial charge >= 0.3 is 6.18 Å². The first-order chi connectivity index (χ1) is 15.5. The predicted molar refractivity (Wildman–Crippen MR) is 123 cm³/mol. The van der Waals surface area contributed by atoms with Crippen LogP contribution in [0.5, 0.6) is 0 Å². The third-order valence-corrected chi connectivity index (χ3v) is 5.45. The van der Waals surface area contributed by atoms with E-state index in [1.807, 2.05) is 36.4 Å². The van der Waals surface area contributed by atoms with Gasteiger partial charge in [0.1, 0.15) is 5.82 Å². The minimum absolute atomic E-state index is 0.132. The molecule has 1 N–H and O–H groups in total. The van der Waals surface area contributed by atoms with E-state index in [9.17, 15) is 13.2 Å². The molecule has 0 aliphatic heterocycles. The van der Waals surface area contributed by atoms with Gasteiger partial charge in [0, 0.05) is 24.2 Å². The number of anilines is 1. The maximum absolute atomic E-state index is 13.3. The van der Waals surface area contributed by atoms with E-state index in [-0.39, 0.29) is 11.5 Å². The van der Waals surface area contributed by atoms with Gasteiger partial charge < -0.3 is 5.32 Å². The van der Waals surface area contributed by atoms with Crippen molar-refractivity contribution in [3.63, 3.8) is 0 Å². The SMILES string of the molecule is FC(F)(F)c1ccccc1-c1ccc(NCCC(c2ccccc2)c2ccccc2)nc1. The zero-order valence-corrected chi connectivity index (χ0v) is 17.4. The Morgan fingerprint density at radius 2 is 1.31 bits per heavy atom. The van der Waals surface area contributed by atoms with E-state index in [0.29, 0.717) is 17.9 Å². The molecule has 0 aliphatic rings. The monoisotopic (exact) mass is 432 g/mol. The summed E-state index contributed by atoms with van der Waals surface area (Å²) in [5.74, 6) is 0.876. The summed E-state index contributed by atoms with van der Waals surface area (Å²) in [7, 11) is 0. The van der Waals surface area contributed by atoms with Crippen LogP contribution in [0.1, 0.15) is 29.0 Å². The highest BCUT2D eigenvalue weighted by molar-refractivity contribution is 5.68. The highest BCUT2D eigenvalue weighted by Gasteiger charge is 2.33. The molecule has 0 amide bonds. The second kappa shape index (κ2) is 9.69. The van der Waals surface area contributed by atoms with E-state index in [1.54, 1.807) is 18.2 Å². The summed E-state index contributed by atoms with van der Waals surface area (Å²) in [4.78, 5) is 4.34. The predicted octanol–water partition coefficient (Wildman–Crippen LogP) is 7.40. The van der Waals surface area contributed by atoms with Gasteiger partial charge in [-0.15, -0.1) is 0 Å². The summed E-state index contributed by atoms with van der Waals surface area (Å²) in [6.45, 7) is 0.680. The summed E-state index contributed by atoms with van der Waals surface area (Å²) in [6.07, 6.45) is -2.06. The molecule has 3 aromatic carbocycles. The molecule has 2 nitrogen and oxygen atoms in total. The lowest BCUT2D eigenvalue weighted by atomic mass is 9.88. The number of pyridine rings is 1. The van der Waals surface area contributed by atoms with Crippen molar-refractivity contribution in [2.24, 2.45) is 0 Å². The quantitative estimate of drug-likeness (QED) is 0.329. The lowest BCUT2D eigenvalue weighted by Crippen LogP contribution is -2.10. The van der Waals surface area contributed by atoms with Gasteiger partial charge in [0.05, 0.1) is 5.56 Å². The van der Waals surface area contributed by atoms with Gasteiger partial charge in [-0.05, 0) is 41.3 Å². The minimum Gasteiger partial charge on any atom is -0.370 e. The highest BCUT2D eigenvalue weighted by Crippen LogP contribution is 2.36. The molecule has 1 heterocycles. The Labute approximate surface area is 185 Å². The van der Waals surface area contributed by atoms with Gasteiger partial charge in [-0.3, -0.25) is 0 Å². The fraction of sp³-hybridized carbons (Fsp3) is 0.148. The third-order valence-electron chi connectivity index (χ3n) is 5.45. The van der Waals surface area contributed by atoms with Crippen LogP contribution in [0.15, 0.2) is 103 Å². The van der Waals surface area contributed by atoms with Gasteiger partial charge in [0.2, 0.25) is 0 Å². The largest absolute Gasteiger partial charge is 0.417 e. The van der Waals surface area contributed by atoms with E-state index >= 15 is 0 Å². The van der Waals surface area contributed by atoms with Crippen LogP contribution in [0.3, 0.4) is 0 Å². The summed E-state index contributed by atoms with van der Waals surface area (Å²) in [5, 5.41) is 3.30. The van der Waals surface area contributed by atoms with Crippen molar-refractivity contribution in [1.82, 2.24) is 4.98 Å². The van der Waals surface area contributed by atoms with E-state index in [1.165, 1.54) is 29.5 Å². The maximum Gasteiger partial charge on any atom is 0.417 e. The van der Waals surface area contributed by atoms with Crippen molar-refractivity contribution in [2.45, 2.75) is 18.5 Å². The Balaban J connectivity index is 1.46. The van der Waals surface area contributed by atoms with E-state index in [0.717, 1.165) is 12.5 Å². The molecular weight excluding hydrogens is 409 g/mol. The summed E-state index contributed by atoms with van der Waals surface area (Å²) in [6, 6.07) is 29.6. The summed E-state index contributed by atoms with van der Waals surface area (Å²) < 4.78 is 39.9. The molecule has 0 atom stereocenters. The van der Waals surface area contributed by atoms with Crippen molar-refractivity contribution in [3.8, 4) is 11.1 Å². The zero-order valence-electron chi connectivity index (χ0n) is 17.4. The first-order valence-electron chi connectivity index (χ1n) is 10.5. The molecule has 32 heavy (non-hydrogen) atoms. The normalized spacial score (nSPS) is 11.5. The highest BCUT2D eigenvalue weighted by atomic mass is 19.4. The van der Waals surface area contributed by atoms with Gasteiger partial charge in [-0.1, -0.05) is 78.9 Å². The van der Waals surface area contributed by atoms with Crippen molar-refractivity contribution >= 4 is 5.82 Å². The number of rotatable bonds is 7. The first kappa shape index (κ1) is 21.6. The Hall–Kier alpha value is -3.60. The fourth-order valence-electron chi connectivity index (χ4n) is 3.88. The summed E-state index contributed by atoms with van der Waals surface area (Å²) in [5.41, 5.74) is 2.40. The molecule has 0 fully saturated rings. The Bertz CT molecular complexity index is 1090. The lowest BCUT2D eigenvalue weighted by Gasteiger charge is -2.19. The van der Waals surface area contributed by atoms with Crippen LogP contribution in [-0.2, 0) is 6.18 Å². The molecule has 1 aromatic heterocycles. The number of nitrogens with zero attached hydrogens (tertiary/aromatic N) is 1. The van der Waals surface area contributed by atoms with Gasteiger partial charge in [0.15, 0.2) is 0 Å². The van der Waals surface area contributed by atoms with Crippen molar-refractivity contribution < 1.29 is 13.2 Å². The average Bonchev–Trinajstić information content (AvgIpc) is 2.83. The number of hydrogen-bond donors (Lipinski definition) is 1. The van der Waals surface area contributed by atoms with Gasteiger partial charge in [0.25, 0.3) is 0 Å². The fourth-order valence-corrected chi connectivity index (χ4v) is 3.88. The molecule has 4 aromatic rings. The molecule has 0 bridgehead atoms. The molecule has 0 saturated heterocycles. The molecular formula is C27H23F3N2. The number of aromatic nitrogens is 1. The van der Waals surface area contributed by atoms with Crippen LogP contribution < -0.4 is 5.32 Å². The molecule has 0 unspecified atom stereocenters. The Kier molecular flexibility index (Phi) is 6.55. The van der Waals surface area contributed by atoms with Crippen molar-refractivity contribution in [2.75, 3.05) is 11.9 Å². The van der Waals surface area contributed by atoms with Crippen LogP contribution in [0.25, 0.3) is 11.1 Å². The maximum atomic E-state index is 13.3. The molecule has 0 aliphatic carbocycles. The first-order valence-corrected chi connectivity index (χ1v) is 10.5. The lowest BCUT2D eigenvalue weighted by molar-refractivity contribution is -0.137. The average molecular weight is 432 g/mol. The van der Waals surface area contributed by atoms with Crippen LogP contribution in [-0.4, -0.2) is 11.5 Å². The minimum atomic E-state index is -4.41. The second-order valence-corrected chi connectivity index (χ2v) is 7.56. The standard InChI is InChI=1S/C27H23F3N2/c28-27(29,30)25-14-8-7-13-24(25)22-15-16-26(32-19-22)31-18-17-23(20-9-3-1-4-10-20)21-11-5-2-6-12-21/h1-16,19,23H,17-18H2,(H,31,32). The second-order valence-electron chi connectivity index (χ2n) is 7.56. The molecule has 0 spiro atoms. The van der Waals surface area contributed by atoms with Crippen molar-refractivity contribution in [1.29, 1.82) is 0 Å². The number of benzene rings is 3. The molecule has 162 valence electrons. The van der Waals surface area contributed by atoms with E-state index in [2.05, 4.69) is 34.6 Å². The topological polar surface area (TPSA) is 24.9 Å². The summed E-state index contributed by atoms with van der Waals surface area (Å²) >= 11 is 0. The molecule has 4 rings (SSSR count). The molecule has 0 radical (unpaired) electrons. The number of halogens is 3. The number of alkyl halides is 3. The van der Waals surface area contributed by atoms with Gasteiger partial charge in [-0.2, -0.15) is 13.2 Å². The van der Waals surface area contributed by atoms with Crippen LogP contribution in [0, 0.1) is 0 Å².